The smallest absolute Gasteiger partial charge is 0.271 e. The molecule has 28 heavy (non-hydrogen) atoms. The van der Waals surface area contributed by atoms with Gasteiger partial charge < -0.3 is 14.1 Å². The van der Waals surface area contributed by atoms with Gasteiger partial charge in [-0.25, -0.2) is 0 Å². The summed E-state index contributed by atoms with van der Waals surface area (Å²) in [6, 6.07) is 12.7. The first-order chi connectivity index (χ1) is 14.4. The van der Waals surface area contributed by atoms with Gasteiger partial charge in [-0.05, 0) is 12.1 Å². The summed E-state index contributed by atoms with van der Waals surface area (Å²) in [6.45, 7) is 0. The predicted octanol–water partition coefficient (Wildman–Crippen LogP) is 5.24. The Morgan fingerprint density at radius 1 is 0.893 bits per heavy atom. The maximum atomic E-state index is 11.2. The molecule has 0 aliphatic heterocycles. The monoisotopic (exact) mass is 372 g/mol. The van der Waals surface area contributed by atoms with Gasteiger partial charge >= 0.3 is 0 Å². The number of aromatic amines is 1. The van der Waals surface area contributed by atoms with Gasteiger partial charge in [-0.3, -0.25) is 10.1 Å². The highest BCUT2D eigenvalue weighted by atomic mass is 16.6. The lowest BCUT2D eigenvalue weighted by atomic mass is 9.98. The number of H-pyrrole nitrogens is 1. The maximum Gasteiger partial charge on any atom is 0.271 e. The summed E-state index contributed by atoms with van der Waals surface area (Å²) in [6.07, 6.45) is 4.16. The van der Waals surface area contributed by atoms with Crippen LogP contribution in [0.15, 0.2) is 67.2 Å². The van der Waals surface area contributed by atoms with Crippen molar-refractivity contribution in [3.05, 3.63) is 77.3 Å². The third-order valence-corrected chi connectivity index (χ3v) is 5.25. The molecule has 0 amide bonds. The molecule has 0 aliphatic carbocycles. The largest absolute Gasteiger partial charge is 0.366 e. The summed E-state index contributed by atoms with van der Waals surface area (Å²) < 4.78 is 20.9. The van der Waals surface area contributed by atoms with Gasteiger partial charge in [0.05, 0.1) is 13.2 Å². The summed E-state index contributed by atoms with van der Waals surface area (Å²) in [5, 5.41) is 13.0. The standard InChI is InChI=1S/C22H18N4O2/c1-24-12-19(15-5-3-4-6-21(15)24)17-10-23-11-18(17)20-13-25(2)22-9-14(26(27)28)7-8-16(20)22/h3-13,23H,1-2H3/i10D,11D. The van der Waals surface area contributed by atoms with Crippen LogP contribution in [-0.4, -0.2) is 19.0 Å². The van der Waals surface area contributed by atoms with Crippen LogP contribution in [0.1, 0.15) is 2.74 Å². The first-order valence-corrected chi connectivity index (χ1v) is 8.84. The normalized spacial score (nSPS) is 12.5. The molecule has 3 heterocycles. The average Bonchev–Trinajstić information content (AvgIpc) is 3.32. The summed E-state index contributed by atoms with van der Waals surface area (Å²) in [5.74, 6) is 0. The van der Waals surface area contributed by atoms with Crippen LogP contribution in [0, 0.1) is 10.1 Å². The fraction of sp³-hybridized carbons (Fsp3) is 0.0909. The first kappa shape index (κ1) is 14.3. The number of benzene rings is 2. The predicted molar refractivity (Wildman–Crippen MR) is 111 cm³/mol. The van der Waals surface area contributed by atoms with Gasteiger partial charge in [0.25, 0.3) is 5.69 Å². The van der Waals surface area contributed by atoms with E-state index in [4.69, 9.17) is 2.74 Å². The van der Waals surface area contributed by atoms with Crippen LogP contribution in [0.4, 0.5) is 5.69 Å². The lowest BCUT2D eigenvalue weighted by Crippen LogP contribution is -1.89. The van der Waals surface area contributed by atoms with E-state index in [1.807, 2.05) is 59.9 Å². The van der Waals surface area contributed by atoms with E-state index >= 15 is 0 Å². The second kappa shape index (κ2) is 5.85. The van der Waals surface area contributed by atoms with Gasteiger partial charge in [0.15, 0.2) is 0 Å². The number of fused-ring (bicyclic) bond motifs is 2. The number of hydrogen-bond acceptors (Lipinski definition) is 2. The van der Waals surface area contributed by atoms with Crippen LogP contribution >= 0.6 is 0 Å². The number of nitrogens with one attached hydrogen (secondary N) is 1. The van der Waals surface area contributed by atoms with Crippen molar-refractivity contribution >= 4 is 27.5 Å². The zero-order chi connectivity index (χ0) is 21.2. The Kier molecular flexibility index (Phi) is 2.99. The van der Waals surface area contributed by atoms with Gasteiger partial charge in [-0.2, -0.15) is 0 Å². The van der Waals surface area contributed by atoms with Gasteiger partial charge in [0, 0.05) is 89.5 Å². The molecule has 0 saturated heterocycles. The van der Waals surface area contributed by atoms with E-state index in [0.717, 1.165) is 27.4 Å². The van der Waals surface area contributed by atoms with E-state index in [2.05, 4.69) is 4.98 Å². The van der Waals surface area contributed by atoms with Crippen molar-refractivity contribution in [2.45, 2.75) is 0 Å². The lowest BCUT2D eigenvalue weighted by Gasteiger charge is -2.03. The minimum atomic E-state index is -0.415. The van der Waals surface area contributed by atoms with Crippen LogP contribution < -0.4 is 0 Å². The molecule has 0 spiro atoms. The van der Waals surface area contributed by atoms with E-state index in [-0.39, 0.29) is 18.0 Å². The molecule has 0 bridgehead atoms. The Bertz CT molecular complexity index is 1480. The van der Waals surface area contributed by atoms with E-state index in [9.17, 15) is 10.1 Å². The number of nitro benzene ring substituents is 1. The summed E-state index contributed by atoms with van der Waals surface area (Å²) in [4.78, 5) is 13.6. The number of hydrogen-bond donors (Lipinski definition) is 1. The zero-order valence-electron chi connectivity index (χ0n) is 17.4. The number of para-hydroxylation sites is 1. The van der Waals surface area contributed by atoms with Gasteiger partial charge in [0.1, 0.15) is 0 Å². The topological polar surface area (TPSA) is 68.8 Å². The highest BCUT2D eigenvalue weighted by Gasteiger charge is 2.18. The number of nitrogens with zero attached hydrogens (tertiary/aromatic N) is 3. The molecule has 0 unspecified atom stereocenters. The van der Waals surface area contributed by atoms with Crippen molar-refractivity contribution in [2.24, 2.45) is 14.1 Å². The fourth-order valence-corrected chi connectivity index (χ4v) is 3.91. The second-order valence-corrected chi connectivity index (χ2v) is 6.91. The van der Waals surface area contributed by atoms with Crippen LogP contribution in [0.25, 0.3) is 44.1 Å². The lowest BCUT2D eigenvalue weighted by molar-refractivity contribution is -0.384. The molecule has 0 atom stereocenters. The summed E-state index contributed by atoms with van der Waals surface area (Å²) in [7, 11) is 3.78. The highest BCUT2D eigenvalue weighted by molar-refractivity contribution is 6.05. The fourth-order valence-electron chi connectivity index (χ4n) is 3.91. The third kappa shape index (κ3) is 2.28. The van der Waals surface area contributed by atoms with Gasteiger partial charge in [-0.15, -0.1) is 0 Å². The first-order valence-electron chi connectivity index (χ1n) is 9.84. The molecule has 2 aromatic carbocycles. The van der Waals surface area contributed by atoms with E-state index < -0.39 is 4.92 Å². The summed E-state index contributed by atoms with van der Waals surface area (Å²) >= 11 is 0. The molecule has 6 nitrogen and oxygen atoms in total. The second-order valence-electron chi connectivity index (χ2n) is 6.91. The Balaban J connectivity index is 1.83. The average molecular weight is 372 g/mol. The quantitative estimate of drug-likeness (QED) is 0.347. The summed E-state index contributed by atoms with van der Waals surface area (Å²) in [5.41, 5.74) is 4.69. The Morgan fingerprint density at radius 3 is 2.18 bits per heavy atom. The Labute approximate surface area is 163 Å². The van der Waals surface area contributed by atoms with Crippen LogP contribution in [0.5, 0.6) is 0 Å². The molecule has 1 N–H and O–H groups in total. The molecule has 0 aliphatic rings. The molecule has 0 radical (unpaired) electrons. The Morgan fingerprint density at radius 2 is 1.50 bits per heavy atom. The van der Waals surface area contributed by atoms with E-state index in [0.29, 0.717) is 16.6 Å². The minimum Gasteiger partial charge on any atom is -0.366 e. The van der Waals surface area contributed by atoms with Crippen molar-refractivity contribution in [1.82, 2.24) is 14.1 Å². The molecule has 3 aromatic heterocycles. The zero-order valence-corrected chi connectivity index (χ0v) is 15.4. The molecule has 0 fully saturated rings. The number of aryl methyl sites for hydroxylation is 2. The number of non-ortho nitro benzene ring substituents is 1. The molecule has 6 heteroatoms. The molecular weight excluding hydrogens is 352 g/mol. The third-order valence-electron chi connectivity index (χ3n) is 5.25. The molecule has 138 valence electrons. The van der Waals surface area contributed by atoms with Crippen LogP contribution in [0.2, 0.25) is 0 Å². The van der Waals surface area contributed by atoms with E-state index in [1.54, 1.807) is 6.07 Å². The maximum absolute atomic E-state index is 11.2. The molecule has 5 aromatic rings. The minimum absolute atomic E-state index is 0.0193. The van der Waals surface area contributed by atoms with Gasteiger partial charge in [0.2, 0.25) is 0 Å². The number of nitro groups is 1. The van der Waals surface area contributed by atoms with Crippen molar-refractivity contribution in [1.29, 1.82) is 0 Å². The van der Waals surface area contributed by atoms with Crippen molar-refractivity contribution in [2.75, 3.05) is 0 Å². The highest BCUT2D eigenvalue weighted by Crippen LogP contribution is 2.40. The van der Waals surface area contributed by atoms with Gasteiger partial charge in [-0.1, -0.05) is 18.2 Å². The van der Waals surface area contributed by atoms with E-state index in [1.165, 1.54) is 12.1 Å². The van der Waals surface area contributed by atoms with Crippen molar-refractivity contribution in [3.8, 4) is 22.3 Å². The molecule has 0 saturated carbocycles. The van der Waals surface area contributed by atoms with Crippen LogP contribution in [0.3, 0.4) is 0 Å². The van der Waals surface area contributed by atoms with Crippen LogP contribution in [-0.2, 0) is 14.1 Å². The SMILES string of the molecule is [2H]c1[nH]c([2H])c(-c2cn(C)c3cc([N+](=O)[O-])ccc23)c1-c1cn(C)c2ccccc12. The Hall–Kier alpha value is -3.80. The molecular formula is C22H18N4O2. The molecule has 5 rings (SSSR count). The number of aromatic nitrogens is 3. The van der Waals surface area contributed by atoms with Crippen molar-refractivity contribution < 1.29 is 7.66 Å². The van der Waals surface area contributed by atoms with Crippen molar-refractivity contribution in [3.63, 3.8) is 0 Å². The number of rotatable bonds is 3.